The lowest BCUT2D eigenvalue weighted by molar-refractivity contribution is 0.713. The molecule has 9 aromatic rings. The first-order valence-corrected chi connectivity index (χ1v) is 19.4. The zero-order valence-electron chi connectivity index (χ0n) is 31.0. The topological polar surface area (TPSA) is 3.24 Å². The van der Waals surface area contributed by atoms with Crippen LogP contribution in [-0.4, -0.2) is 0 Å². The van der Waals surface area contributed by atoms with Crippen LogP contribution in [-0.2, 0) is 10.8 Å². The second-order valence-electron chi connectivity index (χ2n) is 15.5. The highest BCUT2D eigenvalue weighted by molar-refractivity contribution is 6.14. The Morgan fingerprint density at radius 1 is 0.327 bits per heavy atom. The fourth-order valence-electron chi connectivity index (χ4n) is 10.0. The Morgan fingerprint density at radius 3 is 1.29 bits per heavy atom. The maximum atomic E-state index is 2.53. The van der Waals surface area contributed by atoms with Gasteiger partial charge in [0.05, 0.1) is 5.69 Å². The molecule has 260 valence electrons. The molecule has 0 aliphatic heterocycles. The number of hydrogen-bond acceptors (Lipinski definition) is 1. The quantitative estimate of drug-likeness (QED) is 0.162. The summed E-state index contributed by atoms with van der Waals surface area (Å²) in [6.07, 6.45) is 0. The van der Waals surface area contributed by atoms with Crippen molar-refractivity contribution in [2.45, 2.75) is 24.7 Å². The summed E-state index contributed by atoms with van der Waals surface area (Å²) in [4.78, 5) is 2.53. The molecule has 0 spiro atoms. The molecule has 11 rings (SSSR count). The van der Waals surface area contributed by atoms with Crippen LogP contribution in [0.4, 0.5) is 17.1 Å². The molecule has 2 aliphatic carbocycles. The average Bonchev–Trinajstić information content (AvgIpc) is 3.67. The molecule has 2 unspecified atom stereocenters. The highest BCUT2D eigenvalue weighted by atomic mass is 15.1. The smallest absolute Gasteiger partial charge is 0.0546 e. The summed E-state index contributed by atoms with van der Waals surface area (Å²) < 4.78 is 0. The van der Waals surface area contributed by atoms with Crippen molar-refractivity contribution in [2.24, 2.45) is 0 Å². The summed E-state index contributed by atoms with van der Waals surface area (Å²) in [5, 5.41) is 4.98. The monoisotopic (exact) mass is 701 g/mol. The van der Waals surface area contributed by atoms with E-state index in [1.165, 1.54) is 82.9 Å². The van der Waals surface area contributed by atoms with Crippen LogP contribution in [0.2, 0.25) is 0 Å². The van der Waals surface area contributed by atoms with Gasteiger partial charge in [-0.1, -0.05) is 170 Å². The number of nitrogens with zero attached hydrogens (tertiary/aromatic N) is 1. The van der Waals surface area contributed by atoms with Gasteiger partial charge in [-0.2, -0.15) is 0 Å². The molecule has 0 fully saturated rings. The Kier molecular flexibility index (Phi) is 6.88. The molecule has 0 heterocycles. The minimum absolute atomic E-state index is 0.314. The third-order valence-corrected chi connectivity index (χ3v) is 12.8. The van der Waals surface area contributed by atoms with Gasteiger partial charge in [0.25, 0.3) is 0 Å². The van der Waals surface area contributed by atoms with E-state index in [0.29, 0.717) is 0 Å². The number of anilines is 3. The first kappa shape index (κ1) is 31.8. The van der Waals surface area contributed by atoms with Crippen LogP contribution in [0.3, 0.4) is 0 Å². The van der Waals surface area contributed by atoms with E-state index in [9.17, 15) is 0 Å². The van der Waals surface area contributed by atoms with Gasteiger partial charge in [-0.25, -0.2) is 0 Å². The van der Waals surface area contributed by atoms with Crippen molar-refractivity contribution in [1.29, 1.82) is 0 Å². The van der Waals surface area contributed by atoms with Crippen LogP contribution in [0.1, 0.15) is 47.2 Å². The van der Waals surface area contributed by atoms with Gasteiger partial charge >= 0.3 is 0 Å². The second-order valence-corrected chi connectivity index (χ2v) is 15.5. The minimum atomic E-state index is -0.314. The Labute approximate surface area is 322 Å². The van der Waals surface area contributed by atoms with Crippen molar-refractivity contribution in [3.63, 3.8) is 0 Å². The molecule has 1 heteroatoms. The molecule has 0 N–H and O–H groups in total. The fourth-order valence-corrected chi connectivity index (χ4v) is 10.0. The molecule has 0 saturated carbocycles. The van der Waals surface area contributed by atoms with E-state index in [4.69, 9.17) is 0 Å². The molecule has 0 saturated heterocycles. The summed E-state index contributed by atoms with van der Waals surface area (Å²) >= 11 is 0. The van der Waals surface area contributed by atoms with Gasteiger partial charge in [-0.05, 0) is 116 Å². The normalized spacial score (nSPS) is 17.8. The highest BCUT2D eigenvalue weighted by Crippen LogP contribution is 2.56. The minimum Gasteiger partial charge on any atom is -0.310 e. The molecular formula is C54H39N. The summed E-state index contributed by atoms with van der Waals surface area (Å²) in [6.45, 7) is 4.81. The number of fused-ring (bicyclic) bond motifs is 9. The summed E-state index contributed by atoms with van der Waals surface area (Å²) in [5.41, 5.74) is 16.0. The maximum absolute atomic E-state index is 2.53. The summed E-state index contributed by atoms with van der Waals surface area (Å²) in [7, 11) is 0. The van der Waals surface area contributed by atoms with Gasteiger partial charge in [0, 0.05) is 27.6 Å². The zero-order valence-corrected chi connectivity index (χ0v) is 31.0. The predicted molar refractivity (Wildman–Crippen MR) is 231 cm³/mol. The van der Waals surface area contributed by atoms with Gasteiger partial charge in [0.2, 0.25) is 0 Å². The van der Waals surface area contributed by atoms with E-state index in [1.54, 1.807) is 0 Å². The first-order valence-electron chi connectivity index (χ1n) is 19.4. The zero-order chi connectivity index (χ0) is 36.7. The van der Waals surface area contributed by atoms with Crippen LogP contribution >= 0.6 is 0 Å². The molecular weight excluding hydrogens is 663 g/mol. The van der Waals surface area contributed by atoms with E-state index >= 15 is 0 Å². The first-order chi connectivity index (χ1) is 27.0. The van der Waals surface area contributed by atoms with Gasteiger partial charge in [0.1, 0.15) is 0 Å². The maximum Gasteiger partial charge on any atom is 0.0546 e. The van der Waals surface area contributed by atoms with Crippen molar-refractivity contribution in [3.05, 3.63) is 234 Å². The molecule has 1 nitrogen and oxygen atoms in total. The van der Waals surface area contributed by atoms with Crippen molar-refractivity contribution in [2.75, 3.05) is 4.90 Å². The third-order valence-electron chi connectivity index (χ3n) is 12.8. The largest absolute Gasteiger partial charge is 0.310 e. The molecule has 0 amide bonds. The van der Waals surface area contributed by atoms with Crippen LogP contribution in [0.15, 0.2) is 200 Å². The van der Waals surface area contributed by atoms with Crippen molar-refractivity contribution < 1.29 is 0 Å². The molecule has 9 aromatic carbocycles. The van der Waals surface area contributed by atoms with Gasteiger partial charge in [-0.15, -0.1) is 0 Å². The Morgan fingerprint density at radius 2 is 0.745 bits per heavy atom. The molecule has 55 heavy (non-hydrogen) atoms. The average molecular weight is 702 g/mol. The number of benzene rings is 9. The molecule has 0 radical (unpaired) electrons. The van der Waals surface area contributed by atoms with Crippen LogP contribution in [0.25, 0.3) is 43.8 Å². The highest BCUT2D eigenvalue weighted by Gasteiger charge is 2.43. The SMILES string of the molecule is CC1(c2ccccc2)c2ccccc2-c2ccc(N(c3ccc4c(c3)C(C)(c3ccccc3)c3ccccc3-4)c3cc4ccccc4c4ccccc34)cc21. The van der Waals surface area contributed by atoms with E-state index in [2.05, 4.69) is 219 Å². The van der Waals surface area contributed by atoms with E-state index in [-0.39, 0.29) is 10.8 Å². The second kappa shape index (κ2) is 11.9. The predicted octanol–water partition coefficient (Wildman–Crippen LogP) is 14.1. The lowest BCUT2D eigenvalue weighted by atomic mass is 9.74. The molecule has 2 aliphatic rings. The van der Waals surface area contributed by atoms with E-state index < -0.39 is 0 Å². The Bertz CT molecular complexity index is 2820. The lowest BCUT2D eigenvalue weighted by Gasteiger charge is -2.33. The van der Waals surface area contributed by atoms with Gasteiger partial charge in [-0.3, -0.25) is 0 Å². The number of rotatable bonds is 5. The molecule has 0 bridgehead atoms. The number of hydrogen-bond donors (Lipinski definition) is 0. The summed E-state index contributed by atoms with van der Waals surface area (Å²) in [5.74, 6) is 0. The van der Waals surface area contributed by atoms with Gasteiger partial charge < -0.3 is 4.90 Å². The van der Waals surface area contributed by atoms with Crippen molar-refractivity contribution >= 4 is 38.6 Å². The van der Waals surface area contributed by atoms with Crippen LogP contribution in [0.5, 0.6) is 0 Å². The van der Waals surface area contributed by atoms with Crippen LogP contribution < -0.4 is 4.90 Å². The van der Waals surface area contributed by atoms with E-state index in [1.807, 2.05) is 0 Å². The third kappa shape index (κ3) is 4.47. The Hall–Kier alpha value is -6.70. The standard InChI is InChI=1S/C54H39N/c1-53(37-18-5-3-6-19-37)48-27-15-13-24-43(48)45-31-29-39(34-50(45)53)55(52-33-36-17-9-10-22-41(36)42-23-11-12-26-47(42)52)40-30-32-46-44-25-14-16-28-49(44)54(2,51(46)35-40)38-20-7-4-8-21-38/h3-35H,1-2H3. The summed E-state index contributed by atoms with van der Waals surface area (Å²) in [6, 6.07) is 74.5. The Balaban J connectivity index is 1.20. The van der Waals surface area contributed by atoms with Crippen molar-refractivity contribution in [1.82, 2.24) is 0 Å². The van der Waals surface area contributed by atoms with Gasteiger partial charge in [0.15, 0.2) is 0 Å². The van der Waals surface area contributed by atoms with E-state index in [0.717, 1.165) is 11.4 Å². The fraction of sp³-hybridized carbons (Fsp3) is 0.0741. The molecule has 0 aromatic heterocycles. The lowest BCUT2D eigenvalue weighted by Crippen LogP contribution is -2.23. The van der Waals surface area contributed by atoms with Crippen molar-refractivity contribution in [3.8, 4) is 22.3 Å². The molecule has 2 atom stereocenters. The van der Waals surface area contributed by atoms with Crippen LogP contribution in [0, 0.1) is 0 Å².